The summed E-state index contributed by atoms with van der Waals surface area (Å²) in [6, 6.07) is 5.52. The maximum atomic E-state index is 12.6. The van der Waals surface area contributed by atoms with Crippen LogP contribution in [0.4, 0.5) is 0 Å². The van der Waals surface area contributed by atoms with Gasteiger partial charge >= 0.3 is 0 Å². The van der Waals surface area contributed by atoms with Crippen molar-refractivity contribution in [2.45, 2.75) is 48.4 Å². The van der Waals surface area contributed by atoms with Crippen molar-refractivity contribution >= 4 is 20.0 Å². The zero-order valence-electron chi connectivity index (χ0n) is 13.1. The second-order valence-corrected chi connectivity index (χ2v) is 10.1. The number of nitrogens with one attached hydrogen (secondary N) is 1. The molecule has 1 saturated heterocycles. The maximum Gasteiger partial charge on any atom is 0.243 e. The average molecular weight is 358 g/mol. The van der Waals surface area contributed by atoms with Gasteiger partial charge in [0, 0.05) is 19.1 Å². The molecule has 0 bridgehead atoms. The molecule has 1 saturated carbocycles. The van der Waals surface area contributed by atoms with Gasteiger partial charge in [0.15, 0.2) is 0 Å². The van der Waals surface area contributed by atoms with Gasteiger partial charge < -0.3 is 0 Å². The molecule has 2 fully saturated rings. The van der Waals surface area contributed by atoms with Gasteiger partial charge in [-0.25, -0.2) is 21.6 Å². The van der Waals surface area contributed by atoms with Gasteiger partial charge in [-0.1, -0.05) is 6.92 Å². The van der Waals surface area contributed by atoms with Crippen LogP contribution >= 0.6 is 0 Å². The van der Waals surface area contributed by atoms with Gasteiger partial charge in [-0.15, -0.1) is 0 Å². The van der Waals surface area contributed by atoms with E-state index in [1.165, 1.54) is 28.6 Å². The molecule has 1 aromatic rings. The Morgan fingerprint density at radius 3 is 1.96 bits per heavy atom. The lowest BCUT2D eigenvalue weighted by molar-refractivity contribution is 0.288. The van der Waals surface area contributed by atoms with E-state index in [0.29, 0.717) is 19.0 Å². The average Bonchev–Trinajstić information content (AvgIpc) is 3.31. The molecule has 1 aromatic carbocycles. The normalized spacial score (nSPS) is 21.4. The number of hydrogen-bond donors (Lipinski definition) is 1. The third-order valence-electron chi connectivity index (χ3n) is 4.41. The minimum atomic E-state index is -3.55. The van der Waals surface area contributed by atoms with Crippen LogP contribution in [0.25, 0.3) is 0 Å². The minimum Gasteiger partial charge on any atom is -0.208 e. The molecule has 0 atom stereocenters. The van der Waals surface area contributed by atoms with Crippen molar-refractivity contribution in [1.29, 1.82) is 0 Å². The highest BCUT2D eigenvalue weighted by atomic mass is 32.2. The Labute approximate surface area is 138 Å². The Morgan fingerprint density at radius 1 is 0.913 bits per heavy atom. The zero-order chi connectivity index (χ0) is 16.7. The highest BCUT2D eigenvalue weighted by Crippen LogP contribution is 2.25. The number of piperidine rings is 1. The number of rotatable bonds is 5. The van der Waals surface area contributed by atoms with E-state index in [1.54, 1.807) is 0 Å². The maximum absolute atomic E-state index is 12.6. The molecule has 0 unspecified atom stereocenters. The van der Waals surface area contributed by atoms with E-state index in [-0.39, 0.29) is 15.8 Å². The first-order valence-corrected chi connectivity index (χ1v) is 10.8. The van der Waals surface area contributed by atoms with E-state index >= 15 is 0 Å². The van der Waals surface area contributed by atoms with Crippen LogP contribution in [-0.4, -0.2) is 40.3 Å². The van der Waals surface area contributed by atoms with Crippen LogP contribution in [-0.2, 0) is 20.0 Å². The van der Waals surface area contributed by atoms with Crippen LogP contribution in [0.1, 0.15) is 32.6 Å². The van der Waals surface area contributed by atoms with E-state index in [1.807, 2.05) is 0 Å². The Balaban J connectivity index is 1.78. The fourth-order valence-electron chi connectivity index (χ4n) is 2.65. The molecule has 0 spiro atoms. The number of sulfonamides is 2. The first-order valence-electron chi connectivity index (χ1n) is 7.91. The van der Waals surface area contributed by atoms with Gasteiger partial charge in [0.05, 0.1) is 9.79 Å². The summed E-state index contributed by atoms with van der Waals surface area (Å²) in [5.41, 5.74) is 0. The summed E-state index contributed by atoms with van der Waals surface area (Å²) >= 11 is 0. The molecule has 1 heterocycles. The van der Waals surface area contributed by atoms with Crippen molar-refractivity contribution in [2.24, 2.45) is 5.92 Å². The summed E-state index contributed by atoms with van der Waals surface area (Å²) < 4.78 is 53.5. The zero-order valence-corrected chi connectivity index (χ0v) is 14.7. The highest BCUT2D eigenvalue weighted by molar-refractivity contribution is 7.89. The van der Waals surface area contributed by atoms with Gasteiger partial charge in [0.1, 0.15) is 0 Å². The fraction of sp³-hybridized carbons (Fsp3) is 0.600. The molecule has 1 aliphatic carbocycles. The lowest BCUT2D eigenvalue weighted by Crippen LogP contribution is -2.37. The van der Waals surface area contributed by atoms with Crippen LogP contribution in [0.5, 0.6) is 0 Å². The summed E-state index contributed by atoms with van der Waals surface area (Å²) in [7, 11) is -7.09. The highest BCUT2D eigenvalue weighted by Gasteiger charge is 2.30. The van der Waals surface area contributed by atoms with Crippen LogP contribution in [0, 0.1) is 5.92 Å². The predicted octanol–water partition coefficient (Wildman–Crippen LogP) is 1.55. The molecule has 0 aromatic heterocycles. The Morgan fingerprint density at radius 2 is 1.43 bits per heavy atom. The molecule has 2 aliphatic rings. The molecule has 0 amide bonds. The van der Waals surface area contributed by atoms with E-state index in [4.69, 9.17) is 0 Å². The lowest BCUT2D eigenvalue weighted by Gasteiger charge is -2.29. The predicted molar refractivity (Wildman–Crippen MR) is 86.9 cm³/mol. The van der Waals surface area contributed by atoms with Gasteiger partial charge in [0.2, 0.25) is 20.0 Å². The van der Waals surface area contributed by atoms with Crippen molar-refractivity contribution in [1.82, 2.24) is 9.03 Å². The number of benzene rings is 1. The number of nitrogens with zero attached hydrogens (tertiary/aromatic N) is 1. The minimum absolute atomic E-state index is 0.0266. The quantitative estimate of drug-likeness (QED) is 0.865. The second kappa shape index (κ2) is 6.16. The molecule has 8 heteroatoms. The summed E-state index contributed by atoms with van der Waals surface area (Å²) in [6.45, 7) is 3.16. The third-order valence-corrected chi connectivity index (χ3v) is 7.86. The molecular weight excluding hydrogens is 336 g/mol. The van der Waals surface area contributed by atoms with Crippen LogP contribution < -0.4 is 4.72 Å². The van der Waals surface area contributed by atoms with Crippen molar-refractivity contribution in [3.63, 3.8) is 0 Å². The summed E-state index contributed by atoms with van der Waals surface area (Å²) in [6.07, 6.45) is 3.44. The van der Waals surface area contributed by atoms with Crippen molar-refractivity contribution in [3.05, 3.63) is 24.3 Å². The topological polar surface area (TPSA) is 83.6 Å². The summed E-state index contributed by atoms with van der Waals surface area (Å²) in [5, 5.41) is 0. The Hall–Kier alpha value is -0.960. The Kier molecular flexibility index (Phi) is 4.52. The summed E-state index contributed by atoms with van der Waals surface area (Å²) in [5.74, 6) is 0.544. The first-order chi connectivity index (χ1) is 10.8. The summed E-state index contributed by atoms with van der Waals surface area (Å²) in [4.78, 5) is 0.257. The van der Waals surface area contributed by atoms with Crippen molar-refractivity contribution in [3.8, 4) is 0 Å². The van der Waals surface area contributed by atoms with E-state index in [0.717, 1.165) is 25.7 Å². The fourth-order valence-corrected chi connectivity index (χ4v) is 5.43. The molecule has 0 radical (unpaired) electrons. The molecule has 128 valence electrons. The van der Waals surface area contributed by atoms with Crippen LogP contribution in [0.3, 0.4) is 0 Å². The van der Waals surface area contributed by atoms with Gasteiger partial charge in [-0.05, 0) is 55.9 Å². The molecule has 1 N–H and O–H groups in total. The first kappa shape index (κ1) is 16.9. The van der Waals surface area contributed by atoms with Gasteiger partial charge in [-0.2, -0.15) is 4.31 Å². The van der Waals surface area contributed by atoms with Crippen LogP contribution in [0.15, 0.2) is 34.1 Å². The molecule has 23 heavy (non-hydrogen) atoms. The number of hydrogen-bond acceptors (Lipinski definition) is 4. The SMILES string of the molecule is CC1CCN(S(=O)(=O)c2ccc(S(=O)(=O)NC3CC3)cc2)CC1. The largest absolute Gasteiger partial charge is 0.243 e. The standard InChI is InChI=1S/C15H22N2O4S2/c1-12-8-10-17(11-9-12)23(20,21)15-6-4-14(5-7-15)22(18,19)16-13-2-3-13/h4-7,12-13,16H,2-3,8-11H2,1H3. The van der Waals surface area contributed by atoms with E-state index in [2.05, 4.69) is 11.6 Å². The Bertz CT molecular complexity index is 760. The molecular formula is C15H22N2O4S2. The van der Waals surface area contributed by atoms with Crippen molar-refractivity contribution in [2.75, 3.05) is 13.1 Å². The van der Waals surface area contributed by atoms with E-state index in [9.17, 15) is 16.8 Å². The van der Waals surface area contributed by atoms with Crippen molar-refractivity contribution < 1.29 is 16.8 Å². The van der Waals surface area contributed by atoms with Crippen LogP contribution in [0.2, 0.25) is 0 Å². The van der Waals surface area contributed by atoms with E-state index < -0.39 is 20.0 Å². The van der Waals surface area contributed by atoms with Gasteiger partial charge in [0.25, 0.3) is 0 Å². The smallest absolute Gasteiger partial charge is 0.208 e. The molecule has 1 aliphatic heterocycles. The van der Waals surface area contributed by atoms with Gasteiger partial charge in [-0.3, -0.25) is 0 Å². The second-order valence-electron chi connectivity index (χ2n) is 6.45. The monoisotopic (exact) mass is 358 g/mol. The lowest BCUT2D eigenvalue weighted by atomic mass is 10.0. The third kappa shape index (κ3) is 3.76. The molecule has 6 nitrogen and oxygen atoms in total. The molecule has 3 rings (SSSR count).